The van der Waals surface area contributed by atoms with Crippen LogP contribution in [-0.4, -0.2) is 41.4 Å². The number of nitrogens with one attached hydrogen (secondary N) is 1. The van der Waals surface area contributed by atoms with Gasteiger partial charge in [-0.2, -0.15) is 0 Å². The summed E-state index contributed by atoms with van der Waals surface area (Å²) in [5.74, 6) is 1.20. The Morgan fingerprint density at radius 1 is 1.14 bits per heavy atom. The molecule has 2 nitrogen and oxygen atoms in total. The summed E-state index contributed by atoms with van der Waals surface area (Å²) in [5, 5.41) is 3.78. The molecular formula is C18H28N2S. The minimum Gasteiger partial charge on any atom is -0.309 e. The highest BCUT2D eigenvalue weighted by Crippen LogP contribution is 2.38. The fourth-order valence-corrected chi connectivity index (χ4v) is 4.75. The predicted molar refractivity (Wildman–Crippen MR) is 92.0 cm³/mol. The van der Waals surface area contributed by atoms with Gasteiger partial charge in [0, 0.05) is 41.4 Å². The van der Waals surface area contributed by atoms with Gasteiger partial charge in [-0.05, 0) is 38.8 Å². The van der Waals surface area contributed by atoms with Gasteiger partial charge in [-0.15, -0.1) is 11.8 Å². The maximum atomic E-state index is 3.78. The molecule has 0 bridgehead atoms. The second-order valence-corrected chi connectivity index (χ2v) is 8.42. The molecule has 116 valence electrons. The monoisotopic (exact) mass is 304 g/mol. The number of nitrogens with zero attached hydrogens (tertiary/aromatic N) is 1. The zero-order valence-electron chi connectivity index (χ0n) is 13.4. The highest BCUT2D eigenvalue weighted by Gasteiger charge is 2.45. The summed E-state index contributed by atoms with van der Waals surface area (Å²) in [7, 11) is 0. The van der Waals surface area contributed by atoms with Crippen molar-refractivity contribution in [2.75, 3.05) is 25.4 Å². The van der Waals surface area contributed by atoms with Gasteiger partial charge < -0.3 is 5.32 Å². The van der Waals surface area contributed by atoms with Gasteiger partial charge in [-0.1, -0.05) is 31.0 Å². The van der Waals surface area contributed by atoms with Crippen LogP contribution < -0.4 is 5.32 Å². The van der Waals surface area contributed by atoms with E-state index in [0.29, 0.717) is 5.54 Å². The topological polar surface area (TPSA) is 15.3 Å². The number of piperazine rings is 1. The average molecular weight is 305 g/mol. The van der Waals surface area contributed by atoms with Crippen molar-refractivity contribution in [2.24, 2.45) is 0 Å². The van der Waals surface area contributed by atoms with Crippen LogP contribution in [0.2, 0.25) is 0 Å². The van der Waals surface area contributed by atoms with Crippen LogP contribution in [0.1, 0.15) is 39.5 Å². The van der Waals surface area contributed by atoms with E-state index in [4.69, 9.17) is 0 Å². The van der Waals surface area contributed by atoms with Crippen molar-refractivity contribution >= 4 is 11.8 Å². The van der Waals surface area contributed by atoms with Gasteiger partial charge in [0.05, 0.1) is 0 Å². The minimum atomic E-state index is 0.255. The smallest absolute Gasteiger partial charge is 0.0335 e. The Bertz CT molecular complexity index is 452. The molecular weight excluding hydrogens is 276 g/mol. The Morgan fingerprint density at radius 2 is 1.86 bits per heavy atom. The lowest BCUT2D eigenvalue weighted by Gasteiger charge is -2.51. The van der Waals surface area contributed by atoms with Crippen LogP contribution in [0, 0.1) is 0 Å². The molecule has 0 amide bonds. The fourth-order valence-electron chi connectivity index (χ4n) is 3.85. The number of hydrogen-bond donors (Lipinski definition) is 1. The summed E-state index contributed by atoms with van der Waals surface area (Å²) in [6.45, 7) is 8.25. The molecule has 1 spiro atoms. The molecule has 1 saturated heterocycles. The molecule has 21 heavy (non-hydrogen) atoms. The van der Waals surface area contributed by atoms with Crippen molar-refractivity contribution in [3.8, 4) is 0 Å². The summed E-state index contributed by atoms with van der Waals surface area (Å²) in [5.41, 5.74) is 0.706. The average Bonchev–Trinajstić information content (AvgIpc) is 2.94. The third-order valence-corrected chi connectivity index (χ3v) is 6.05. The van der Waals surface area contributed by atoms with Crippen molar-refractivity contribution in [1.82, 2.24) is 10.2 Å². The molecule has 2 fully saturated rings. The molecule has 0 unspecified atom stereocenters. The summed E-state index contributed by atoms with van der Waals surface area (Å²) in [4.78, 5) is 4.19. The molecule has 0 radical (unpaired) electrons. The number of hydrogen-bond acceptors (Lipinski definition) is 3. The molecule has 1 heterocycles. The molecule has 2 aliphatic rings. The van der Waals surface area contributed by atoms with Crippen LogP contribution in [0.4, 0.5) is 0 Å². The summed E-state index contributed by atoms with van der Waals surface area (Å²) in [6.07, 6.45) is 5.58. The maximum absolute atomic E-state index is 3.78. The van der Waals surface area contributed by atoms with Gasteiger partial charge in [0.15, 0.2) is 0 Å². The van der Waals surface area contributed by atoms with E-state index in [0.717, 1.165) is 0 Å². The van der Waals surface area contributed by atoms with Crippen LogP contribution in [0.15, 0.2) is 35.2 Å². The first-order valence-electron chi connectivity index (χ1n) is 8.28. The molecule has 1 aliphatic carbocycles. The van der Waals surface area contributed by atoms with Gasteiger partial charge in [0.25, 0.3) is 0 Å². The lowest BCUT2D eigenvalue weighted by atomic mass is 9.87. The largest absolute Gasteiger partial charge is 0.309 e. The first-order chi connectivity index (χ1) is 10.1. The summed E-state index contributed by atoms with van der Waals surface area (Å²) >= 11 is 1.99. The molecule has 1 N–H and O–H groups in total. The fraction of sp³-hybridized carbons (Fsp3) is 0.667. The predicted octanol–water partition coefficient (Wildman–Crippen LogP) is 3.78. The Labute approximate surface area is 133 Å². The lowest BCUT2D eigenvalue weighted by Crippen LogP contribution is -2.67. The van der Waals surface area contributed by atoms with E-state index >= 15 is 0 Å². The molecule has 0 atom stereocenters. The van der Waals surface area contributed by atoms with Crippen LogP contribution in [0.25, 0.3) is 0 Å². The van der Waals surface area contributed by atoms with Crippen molar-refractivity contribution in [2.45, 2.75) is 55.5 Å². The number of thioether (sulfide) groups is 1. The van der Waals surface area contributed by atoms with Crippen molar-refractivity contribution in [1.29, 1.82) is 0 Å². The lowest BCUT2D eigenvalue weighted by molar-refractivity contribution is 0.0245. The number of rotatable bonds is 4. The van der Waals surface area contributed by atoms with Gasteiger partial charge in [0.2, 0.25) is 0 Å². The Balaban J connectivity index is 1.60. The van der Waals surface area contributed by atoms with Gasteiger partial charge in [0.1, 0.15) is 0 Å². The van der Waals surface area contributed by atoms with Crippen LogP contribution in [0.5, 0.6) is 0 Å². The van der Waals surface area contributed by atoms with Crippen molar-refractivity contribution in [3.63, 3.8) is 0 Å². The normalized spacial score (nSPS) is 24.5. The third-order valence-electron chi connectivity index (χ3n) is 5.06. The highest BCUT2D eigenvalue weighted by atomic mass is 32.2. The van der Waals surface area contributed by atoms with Crippen LogP contribution in [-0.2, 0) is 0 Å². The quantitative estimate of drug-likeness (QED) is 0.852. The summed E-state index contributed by atoms with van der Waals surface area (Å²) < 4.78 is 0. The molecule has 0 aromatic heterocycles. The molecule has 1 aromatic rings. The molecule has 3 heteroatoms. The number of benzene rings is 1. The SMILES string of the molecule is CC1(C)CN(CCSc2ccccc2)C2(CCCC2)CN1. The van der Waals surface area contributed by atoms with Crippen LogP contribution >= 0.6 is 11.8 Å². The Kier molecular flexibility index (Phi) is 4.63. The third kappa shape index (κ3) is 3.64. The Hall–Kier alpha value is -0.510. The summed E-state index contributed by atoms with van der Waals surface area (Å²) in [6, 6.07) is 10.8. The molecule has 1 aliphatic heterocycles. The van der Waals surface area contributed by atoms with E-state index in [1.54, 1.807) is 0 Å². The van der Waals surface area contributed by atoms with Crippen molar-refractivity contribution in [3.05, 3.63) is 30.3 Å². The zero-order chi connectivity index (χ0) is 14.8. The van der Waals surface area contributed by atoms with E-state index < -0.39 is 0 Å². The first kappa shape index (κ1) is 15.4. The minimum absolute atomic E-state index is 0.255. The van der Waals surface area contributed by atoms with E-state index in [-0.39, 0.29) is 5.54 Å². The van der Waals surface area contributed by atoms with Crippen molar-refractivity contribution < 1.29 is 0 Å². The molecule has 3 rings (SSSR count). The van der Waals surface area contributed by atoms with Gasteiger partial charge in [-0.3, -0.25) is 4.90 Å². The highest BCUT2D eigenvalue weighted by molar-refractivity contribution is 7.99. The maximum Gasteiger partial charge on any atom is 0.0335 e. The van der Waals surface area contributed by atoms with Gasteiger partial charge >= 0.3 is 0 Å². The second-order valence-electron chi connectivity index (χ2n) is 7.25. The van der Waals surface area contributed by atoms with E-state index in [9.17, 15) is 0 Å². The zero-order valence-corrected chi connectivity index (χ0v) is 14.2. The molecule has 1 saturated carbocycles. The van der Waals surface area contributed by atoms with E-state index in [2.05, 4.69) is 54.4 Å². The molecule has 1 aromatic carbocycles. The Morgan fingerprint density at radius 3 is 2.57 bits per heavy atom. The standard InChI is InChI=1S/C18H28N2S/c1-17(2)15-20(18(14-19-17)10-6-7-11-18)12-13-21-16-8-4-3-5-9-16/h3-5,8-9,19H,6-7,10-15H2,1-2H3. The first-order valence-corrected chi connectivity index (χ1v) is 9.26. The van der Waals surface area contributed by atoms with Crippen LogP contribution in [0.3, 0.4) is 0 Å². The second kappa shape index (κ2) is 6.31. The van der Waals surface area contributed by atoms with E-state index in [1.807, 2.05) is 11.8 Å². The van der Waals surface area contributed by atoms with Gasteiger partial charge in [-0.25, -0.2) is 0 Å². The van der Waals surface area contributed by atoms with E-state index in [1.165, 1.54) is 56.0 Å².